The molecule has 6 heteroatoms. The molecule has 1 aromatic carbocycles. The summed E-state index contributed by atoms with van der Waals surface area (Å²) in [7, 11) is 0. The Labute approximate surface area is 95.4 Å². The van der Waals surface area contributed by atoms with Crippen molar-refractivity contribution in [2.75, 3.05) is 6.61 Å². The summed E-state index contributed by atoms with van der Waals surface area (Å²) in [5.41, 5.74) is 0.283. The van der Waals surface area contributed by atoms with Gasteiger partial charge in [0.05, 0.1) is 16.0 Å². The summed E-state index contributed by atoms with van der Waals surface area (Å²) in [5.74, 6) is -1.37. The number of aldehydes is 1. The van der Waals surface area contributed by atoms with E-state index >= 15 is 0 Å². The molecule has 0 atom stereocenters. The molecule has 0 heterocycles. The van der Waals surface area contributed by atoms with Gasteiger partial charge in [-0.25, -0.2) is 0 Å². The zero-order valence-corrected chi connectivity index (χ0v) is 8.84. The SMILES string of the molecule is O=Cc1cc(Cl)c(OCC(=O)[O-])c(Cl)c1. The van der Waals surface area contributed by atoms with Gasteiger partial charge in [-0.3, -0.25) is 4.79 Å². The summed E-state index contributed by atoms with van der Waals surface area (Å²) in [5, 5.41) is 10.3. The van der Waals surface area contributed by atoms with Gasteiger partial charge >= 0.3 is 0 Å². The first-order valence-electron chi connectivity index (χ1n) is 3.81. The summed E-state index contributed by atoms with van der Waals surface area (Å²) < 4.78 is 4.79. The molecule has 80 valence electrons. The number of ether oxygens (including phenoxy) is 1. The normalized spacial score (nSPS) is 9.73. The first kappa shape index (κ1) is 11.8. The molecule has 0 fully saturated rings. The average molecular weight is 248 g/mol. The average Bonchev–Trinajstić information content (AvgIpc) is 2.15. The van der Waals surface area contributed by atoms with Crippen molar-refractivity contribution >= 4 is 35.5 Å². The number of hydrogen-bond donors (Lipinski definition) is 0. The number of carboxylic acids is 1. The number of carboxylic acid groups (broad SMARTS) is 1. The van der Waals surface area contributed by atoms with Gasteiger partial charge in [-0.05, 0) is 12.1 Å². The van der Waals surface area contributed by atoms with Crippen LogP contribution in [0.2, 0.25) is 10.0 Å². The number of carbonyl (C=O) groups excluding carboxylic acids is 2. The molecule has 0 bridgehead atoms. The highest BCUT2D eigenvalue weighted by atomic mass is 35.5. The number of hydrogen-bond acceptors (Lipinski definition) is 4. The van der Waals surface area contributed by atoms with E-state index in [4.69, 9.17) is 27.9 Å². The Morgan fingerprint density at radius 2 is 1.93 bits per heavy atom. The standard InChI is InChI=1S/C9H6Cl2O4/c10-6-1-5(3-12)2-7(11)9(6)15-4-8(13)14/h1-3H,4H2,(H,13,14)/p-1. The van der Waals surface area contributed by atoms with Gasteiger partial charge in [-0.2, -0.15) is 0 Å². The highest BCUT2D eigenvalue weighted by molar-refractivity contribution is 6.37. The maximum atomic E-state index is 10.4. The van der Waals surface area contributed by atoms with Gasteiger partial charge in [0.25, 0.3) is 0 Å². The molecule has 0 saturated carbocycles. The fraction of sp³-hybridized carbons (Fsp3) is 0.111. The summed E-state index contributed by atoms with van der Waals surface area (Å²) >= 11 is 11.4. The van der Waals surface area contributed by atoms with Gasteiger partial charge in [0, 0.05) is 5.56 Å². The lowest BCUT2D eigenvalue weighted by molar-refractivity contribution is -0.307. The minimum Gasteiger partial charge on any atom is -0.546 e. The minimum absolute atomic E-state index is 0.0214. The monoisotopic (exact) mass is 247 g/mol. The van der Waals surface area contributed by atoms with E-state index < -0.39 is 12.6 Å². The van der Waals surface area contributed by atoms with E-state index in [1.807, 2.05) is 0 Å². The van der Waals surface area contributed by atoms with Crippen molar-refractivity contribution in [1.82, 2.24) is 0 Å². The zero-order valence-electron chi connectivity index (χ0n) is 7.33. The molecule has 0 unspecified atom stereocenters. The highest BCUT2D eigenvalue weighted by Crippen LogP contribution is 2.33. The molecular formula is C9H5Cl2O4-. The topological polar surface area (TPSA) is 66.4 Å². The largest absolute Gasteiger partial charge is 0.546 e. The van der Waals surface area contributed by atoms with E-state index in [0.29, 0.717) is 6.29 Å². The fourth-order valence-corrected chi connectivity index (χ4v) is 1.53. The molecule has 1 rings (SSSR count). The van der Waals surface area contributed by atoms with Crippen LogP contribution < -0.4 is 9.84 Å². The van der Waals surface area contributed by atoms with E-state index in [-0.39, 0.29) is 21.4 Å². The molecule has 0 amide bonds. The first-order valence-corrected chi connectivity index (χ1v) is 4.57. The van der Waals surface area contributed by atoms with Gasteiger partial charge in [0.2, 0.25) is 0 Å². The molecule has 0 radical (unpaired) electrons. The van der Waals surface area contributed by atoms with Crippen molar-refractivity contribution in [3.05, 3.63) is 27.7 Å². The zero-order chi connectivity index (χ0) is 11.4. The van der Waals surface area contributed by atoms with Crippen molar-refractivity contribution in [3.63, 3.8) is 0 Å². The molecule has 4 nitrogen and oxygen atoms in total. The lowest BCUT2D eigenvalue weighted by Crippen LogP contribution is -2.29. The molecule has 15 heavy (non-hydrogen) atoms. The molecule has 0 saturated heterocycles. The Bertz CT molecular complexity index is 380. The lowest BCUT2D eigenvalue weighted by Gasteiger charge is -2.10. The molecule has 0 spiro atoms. The highest BCUT2D eigenvalue weighted by Gasteiger charge is 2.09. The van der Waals surface area contributed by atoms with Crippen molar-refractivity contribution in [2.45, 2.75) is 0 Å². The van der Waals surface area contributed by atoms with E-state index in [2.05, 4.69) is 0 Å². The molecule has 0 aliphatic heterocycles. The van der Waals surface area contributed by atoms with Gasteiger partial charge in [0.1, 0.15) is 12.9 Å². The summed E-state index contributed by atoms with van der Waals surface area (Å²) in [6, 6.07) is 2.65. The van der Waals surface area contributed by atoms with Gasteiger partial charge in [-0.15, -0.1) is 0 Å². The number of carbonyl (C=O) groups is 2. The smallest absolute Gasteiger partial charge is 0.157 e. The summed E-state index contributed by atoms with van der Waals surface area (Å²) in [6.07, 6.45) is 0.570. The fourth-order valence-electron chi connectivity index (χ4n) is 0.917. The van der Waals surface area contributed by atoms with Crippen molar-refractivity contribution in [3.8, 4) is 5.75 Å². The molecule has 0 N–H and O–H groups in total. The second-order valence-corrected chi connectivity index (χ2v) is 3.41. The third-order valence-electron chi connectivity index (χ3n) is 1.49. The van der Waals surface area contributed by atoms with Crippen LogP contribution >= 0.6 is 23.2 Å². The Hall–Kier alpha value is -1.26. The van der Waals surface area contributed by atoms with E-state index in [1.54, 1.807) is 0 Å². The van der Waals surface area contributed by atoms with E-state index in [0.717, 1.165) is 0 Å². The maximum absolute atomic E-state index is 10.4. The summed E-state index contributed by atoms with van der Waals surface area (Å²) in [4.78, 5) is 20.6. The van der Waals surface area contributed by atoms with Crippen LogP contribution in [-0.4, -0.2) is 18.9 Å². The Morgan fingerprint density at radius 1 is 1.40 bits per heavy atom. The van der Waals surface area contributed by atoms with Crippen LogP contribution in [0.15, 0.2) is 12.1 Å². The van der Waals surface area contributed by atoms with Crippen LogP contribution in [0.1, 0.15) is 10.4 Å². The second-order valence-electron chi connectivity index (χ2n) is 2.59. The number of halogens is 2. The van der Waals surface area contributed by atoms with E-state index in [1.165, 1.54) is 12.1 Å². The van der Waals surface area contributed by atoms with Gasteiger partial charge in [-0.1, -0.05) is 23.2 Å². The second kappa shape index (κ2) is 5.00. The van der Waals surface area contributed by atoms with Crippen molar-refractivity contribution < 1.29 is 19.4 Å². The van der Waals surface area contributed by atoms with Crippen LogP contribution in [0.25, 0.3) is 0 Å². The molecular weight excluding hydrogens is 243 g/mol. The molecule has 0 aromatic heterocycles. The maximum Gasteiger partial charge on any atom is 0.157 e. The Morgan fingerprint density at radius 3 is 2.33 bits per heavy atom. The number of aliphatic carboxylic acids is 1. The van der Waals surface area contributed by atoms with E-state index in [9.17, 15) is 14.7 Å². The molecule has 1 aromatic rings. The molecule has 0 aliphatic rings. The number of benzene rings is 1. The van der Waals surface area contributed by atoms with Crippen molar-refractivity contribution in [1.29, 1.82) is 0 Å². The van der Waals surface area contributed by atoms with Crippen LogP contribution in [0.3, 0.4) is 0 Å². The molecule has 0 aliphatic carbocycles. The lowest BCUT2D eigenvalue weighted by atomic mass is 10.2. The minimum atomic E-state index is -1.39. The predicted octanol–water partition coefficient (Wildman–Crippen LogP) is 0.935. The third kappa shape index (κ3) is 3.11. The van der Waals surface area contributed by atoms with Crippen LogP contribution in [-0.2, 0) is 4.79 Å². The Balaban J connectivity index is 2.97. The van der Waals surface area contributed by atoms with Crippen molar-refractivity contribution in [2.24, 2.45) is 0 Å². The third-order valence-corrected chi connectivity index (χ3v) is 2.05. The van der Waals surface area contributed by atoms with Crippen LogP contribution in [0, 0.1) is 0 Å². The van der Waals surface area contributed by atoms with Gasteiger partial charge in [0.15, 0.2) is 5.75 Å². The first-order chi connectivity index (χ1) is 7.04. The van der Waals surface area contributed by atoms with Crippen LogP contribution in [0.4, 0.5) is 0 Å². The predicted molar refractivity (Wildman–Crippen MR) is 52.4 cm³/mol. The Kier molecular flexibility index (Phi) is 3.94. The van der Waals surface area contributed by atoms with Crippen LogP contribution in [0.5, 0.6) is 5.75 Å². The summed E-state index contributed by atoms with van der Waals surface area (Å²) in [6.45, 7) is -0.653. The quantitative estimate of drug-likeness (QED) is 0.743. The number of rotatable bonds is 4. The van der Waals surface area contributed by atoms with Gasteiger partial charge < -0.3 is 14.6 Å².